The van der Waals surface area contributed by atoms with Crippen LogP contribution < -0.4 is 5.84 Å². The van der Waals surface area contributed by atoms with Crippen LogP contribution in [0.1, 0.15) is 23.7 Å². The minimum absolute atomic E-state index is 0.859. The second kappa shape index (κ2) is 5.88. The highest BCUT2D eigenvalue weighted by Crippen LogP contribution is 2.26. The second-order valence-electron chi connectivity index (χ2n) is 5.25. The van der Waals surface area contributed by atoms with Crippen LogP contribution in [0.3, 0.4) is 0 Å². The Morgan fingerprint density at radius 1 is 0.857 bits per heavy atom. The van der Waals surface area contributed by atoms with Crippen LogP contribution in [0, 0.1) is 0 Å². The van der Waals surface area contributed by atoms with Gasteiger partial charge in [-0.2, -0.15) is 0 Å². The minimum Gasteiger partial charge on any atom is -0.339 e. The standard InChI is InChI=1S/C19H20N2/c1-2-15-12-13-21(20)19(15)14-17-10-6-7-11-18(17)16-8-4-3-5-9-16/h3-13H,2,14,20H2,1H3. The number of nitrogen functional groups attached to an aromatic ring is 1. The summed E-state index contributed by atoms with van der Waals surface area (Å²) in [5.41, 5.74) is 6.35. The van der Waals surface area contributed by atoms with Gasteiger partial charge < -0.3 is 5.84 Å². The average molecular weight is 276 g/mol. The summed E-state index contributed by atoms with van der Waals surface area (Å²) in [6.45, 7) is 2.17. The van der Waals surface area contributed by atoms with Crippen LogP contribution in [-0.4, -0.2) is 4.68 Å². The molecule has 2 N–H and O–H groups in total. The molecule has 0 bridgehead atoms. The molecule has 0 aliphatic heterocycles. The molecule has 3 rings (SSSR count). The van der Waals surface area contributed by atoms with E-state index in [0.29, 0.717) is 0 Å². The van der Waals surface area contributed by atoms with Crippen molar-refractivity contribution in [3.8, 4) is 11.1 Å². The fourth-order valence-electron chi connectivity index (χ4n) is 2.80. The number of aryl methyl sites for hydroxylation is 1. The molecule has 0 aliphatic carbocycles. The van der Waals surface area contributed by atoms with E-state index >= 15 is 0 Å². The Morgan fingerprint density at radius 2 is 1.57 bits per heavy atom. The largest absolute Gasteiger partial charge is 0.339 e. The molecule has 0 spiro atoms. The number of nitrogens with two attached hydrogens (primary N) is 1. The number of aromatic nitrogens is 1. The van der Waals surface area contributed by atoms with E-state index in [1.807, 2.05) is 12.3 Å². The zero-order valence-corrected chi connectivity index (χ0v) is 12.3. The van der Waals surface area contributed by atoms with Gasteiger partial charge in [-0.1, -0.05) is 61.5 Å². The normalized spacial score (nSPS) is 10.7. The van der Waals surface area contributed by atoms with E-state index in [9.17, 15) is 0 Å². The maximum atomic E-state index is 6.07. The van der Waals surface area contributed by atoms with E-state index in [2.05, 4.69) is 61.5 Å². The van der Waals surface area contributed by atoms with Gasteiger partial charge in [0.05, 0.1) is 0 Å². The van der Waals surface area contributed by atoms with Gasteiger partial charge in [0.2, 0.25) is 0 Å². The molecule has 106 valence electrons. The molecule has 2 nitrogen and oxygen atoms in total. The third kappa shape index (κ3) is 2.70. The van der Waals surface area contributed by atoms with Crippen LogP contribution in [0.4, 0.5) is 0 Å². The number of nitrogens with zero attached hydrogens (tertiary/aromatic N) is 1. The third-order valence-electron chi connectivity index (χ3n) is 3.96. The van der Waals surface area contributed by atoms with Crippen LogP contribution in [0.5, 0.6) is 0 Å². The van der Waals surface area contributed by atoms with Crippen molar-refractivity contribution in [3.63, 3.8) is 0 Å². The van der Waals surface area contributed by atoms with Crippen molar-refractivity contribution in [3.05, 3.63) is 83.7 Å². The van der Waals surface area contributed by atoms with Crippen molar-refractivity contribution in [2.75, 3.05) is 5.84 Å². The monoisotopic (exact) mass is 276 g/mol. The molecule has 21 heavy (non-hydrogen) atoms. The molecule has 2 aromatic carbocycles. The fraction of sp³-hybridized carbons (Fsp3) is 0.158. The molecule has 1 aromatic heterocycles. The smallest absolute Gasteiger partial charge is 0.0467 e. The van der Waals surface area contributed by atoms with Crippen LogP contribution in [0.25, 0.3) is 11.1 Å². The molecule has 0 saturated carbocycles. The van der Waals surface area contributed by atoms with Gasteiger partial charge >= 0.3 is 0 Å². The molecule has 0 fully saturated rings. The molecule has 0 unspecified atom stereocenters. The van der Waals surface area contributed by atoms with Gasteiger partial charge in [0, 0.05) is 18.3 Å². The first-order valence-electron chi connectivity index (χ1n) is 7.37. The maximum Gasteiger partial charge on any atom is 0.0467 e. The number of benzene rings is 2. The first-order chi connectivity index (χ1) is 10.3. The molecule has 0 saturated heterocycles. The summed E-state index contributed by atoms with van der Waals surface area (Å²) in [4.78, 5) is 0. The van der Waals surface area contributed by atoms with Gasteiger partial charge in [0.25, 0.3) is 0 Å². The molecule has 0 aliphatic rings. The Balaban J connectivity index is 2.02. The van der Waals surface area contributed by atoms with Crippen LogP contribution in [0.15, 0.2) is 66.9 Å². The lowest BCUT2D eigenvalue weighted by Gasteiger charge is -2.12. The van der Waals surface area contributed by atoms with Gasteiger partial charge in [-0.05, 0) is 34.7 Å². The number of rotatable bonds is 4. The summed E-state index contributed by atoms with van der Waals surface area (Å²) in [5, 5.41) is 0. The third-order valence-corrected chi connectivity index (χ3v) is 3.96. The highest BCUT2D eigenvalue weighted by molar-refractivity contribution is 5.67. The van der Waals surface area contributed by atoms with E-state index in [-0.39, 0.29) is 0 Å². The van der Waals surface area contributed by atoms with E-state index in [1.54, 1.807) is 4.68 Å². The van der Waals surface area contributed by atoms with Gasteiger partial charge in [-0.3, -0.25) is 4.68 Å². The zero-order chi connectivity index (χ0) is 14.7. The van der Waals surface area contributed by atoms with Gasteiger partial charge in [0.1, 0.15) is 0 Å². The first-order valence-corrected chi connectivity index (χ1v) is 7.37. The molecular weight excluding hydrogens is 256 g/mol. The van der Waals surface area contributed by atoms with Crippen LogP contribution in [-0.2, 0) is 12.8 Å². The van der Waals surface area contributed by atoms with E-state index in [0.717, 1.165) is 12.8 Å². The van der Waals surface area contributed by atoms with Crippen molar-refractivity contribution >= 4 is 0 Å². The molecule has 0 radical (unpaired) electrons. The lowest BCUT2D eigenvalue weighted by molar-refractivity contribution is 0.895. The van der Waals surface area contributed by atoms with Gasteiger partial charge in [-0.25, -0.2) is 0 Å². The first kappa shape index (κ1) is 13.5. The molecule has 3 aromatic rings. The van der Waals surface area contributed by atoms with Crippen molar-refractivity contribution in [1.29, 1.82) is 0 Å². The Hall–Kier alpha value is -2.48. The maximum absolute atomic E-state index is 6.07. The molecule has 2 heteroatoms. The topological polar surface area (TPSA) is 30.9 Å². The van der Waals surface area contributed by atoms with Gasteiger partial charge in [0.15, 0.2) is 0 Å². The molecule has 0 atom stereocenters. The Kier molecular flexibility index (Phi) is 3.78. The highest BCUT2D eigenvalue weighted by Gasteiger charge is 2.10. The summed E-state index contributed by atoms with van der Waals surface area (Å²) < 4.78 is 1.75. The quantitative estimate of drug-likeness (QED) is 0.717. The fourth-order valence-corrected chi connectivity index (χ4v) is 2.80. The van der Waals surface area contributed by atoms with Crippen molar-refractivity contribution in [1.82, 2.24) is 4.68 Å². The average Bonchev–Trinajstić information content (AvgIpc) is 2.89. The second-order valence-corrected chi connectivity index (χ2v) is 5.25. The Morgan fingerprint density at radius 3 is 2.33 bits per heavy atom. The summed E-state index contributed by atoms with van der Waals surface area (Å²) in [7, 11) is 0. The summed E-state index contributed by atoms with van der Waals surface area (Å²) in [6.07, 6.45) is 3.81. The van der Waals surface area contributed by atoms with Crippen LogP contribution in [0.2, 0.25) is 0 Å². The minimum atomic E-state index is 0.859. The van der Waals surface area contributed by atoms with E-state index in [4.69, 9.17) is 5.84 Å². The zero-order valence-electron chi connectivity index (χ0n) is 12.3. The summed E-state index contributed by atoms with van der Waals surface area (Å²) in [5.74, 6) is 6.07. The van der Waals surface area contributed by atoms with Crippen molar-refractivity contribution < 1.29 is 0 Å². The molecule has 1 heterocycles. The lowest BCUT2D eigenvalue weighted by atomic mass is 9.95. The highest BCUT2D eigenvalue weighted by atomic mass is 15.3. The van der Waals surface area contributed by atoms with E-state index in [1.165, 1.54) is 27.9 Å². The SMILES string of the molecule is CCc1ccn(N)c1Cc1ccccc1-c1ccccc1. The molecule has 0 amide bonds. The predicted octanol–water partition coefficient (Wildman–Crippen LogP) is 4.02. The molecular formula is C19H20N2. The summed E-state index contributed by atoms with van der Waals surface area (Å²) >= 11 is 0. The Labute approximate surface area is 125 Å². The predicted molar refractivity (Wildman–Crippen MR) is 88.6 cm³/mol. The van der Waals surface area contributed by atoms with E-state index < -0.39 is 0 Å². The van der Waals surface area contributed by atoms with Crippen molar-refractivity contribution in [2.45, 2.75) is 19.8 Å². The van der Waals surface area contributed by atoms with Crippen molar-refractivity contribution in [2.24, 2.45) is 0 Å². The number of hydrogen-bond acceptors (Lipinski definition) is 1. The van der Waals surface area contributed by atoms with Crippen LogP contribution >= 0.6 is 0 Å². The van der Waals surface area contributed by atoms with Gasteiger partial charge in [-0.15, -0.1) is 0 Å². The Bertz CT molecular complexity index is 726. The number of hydrogen-bond donors (Lipinski definition) is 1. The summed E-state index contributed by atoms with van der Waals surface area (Å²) in [6, 6.07) is 21.2. The lowest BCUT2D eigenvalue weighted by Crippen LogP contribution is -2.12.